The molecule has 1 aromatic rings. The van der Waals surface area contributed by atoms with Gasteiger partial charge in [0, 0.05) is 12.0 Å². The van der Waals surface area contributed by atoms with Crippen LogP contribution >= 0.6 is 0 Å². The van der Waals surface area contributed by atoms with Gasteiger partial charge >= 0.3 is 5.97 Å². The van der Waals surface area contributed by atoms with E-state index in [0.717, 1.165) is 5.56 Å². The molecule has 24 heavy (non-hydrogen) atoms. The molecular formula is C18H21NO5. The Bertz CT molecular complexity index is 650. The van der Waals surface area contributed by atoms with Crippen LogP contribution in [-0.2, 0) is 30.2 Å². The molecule has 0 amide bonds. The van der Waals surface area contributed by atoms with E-state index in [2.05, 4.69) is 0 Å². The molecule has 1 aliphatic heterocycles. The zero-order valence-corrected chi connectivity index (χ0v) is 14.1. The Morgan fingerprint density at radius 3 is 2.50 bits per heavy atom. The number of carbonyl (C=O) groups is 2. The summed E-state index contributed by atoms with van der Waals surface area (Å²) in [7, 11) is 0. The highest BCUT2D eigenvalue weighted by atomic mass is 16.7. The van der Waals surface area contributed by atoms with Crippen molar-refractivity contribution in [2.45, 2.75) is 39.1 Å². The van der Waals surface area contributed by atoms with Crippen molar-refractivity contribution in [2.24, 2.45) is 5.92 Å². The van der Waals surface area contributed by atoms with Gasteiger partial charge in [0.2, 0.25) is 5.92 Å². The summed E-state index contributed by atoms with van der Waals surface area (Å²) < 4.78 is 16.1. The number of hydrogen-bond acceptors (Lipinski definition) is 6. The monoisotopic (exact) mass is 332 g/mol. The number of hydrogen-bond donors (Lipinski definition) is 0. The summed E-state index contributed by atoms with van der Waals surface area (Å²) >= 11 is 0. The Kier molecular flexibility index (Phi) is 5.71. The summed E-state index contributed by atoms with van der Waals surface area (Å²) in [5.41, 5.74) is 0.665. The molecule has 1 aromatic carbocycles. The fraction of sp³-hybridized carbons (Fsp3) is 0.500. The number of Topliss-reactive ketones (excluding diaryl/α,β-unsaturated/α-hetero) is 1. The van der Waals surface area contributed by atoms with Crippen LogP contribution in [-0.4, -0.2) is 30.6 Å². The minimum Gasteiger partial charge on any atom is -0.459 e. The second-order valence-corrected chi connectivity index (χ2v) is 6.51. The molecule has 0 saturated carbocycles. The van der Waals surface area contributed by atoms with E-state index in [1.54, 1.807) is 39.0 Å². The molecule has 1 unspecified atom stereocenters. The summed E-state index contributed by atoms with van der Waals surface area (Å²) in [4.78, 5) is 24.5. The van der Waals surface area contributed by atoms with Gasteiger partial charge in [-0.2, -0.15) is 5.26 Å². The Hall–Kier alpha value is -2.23. The zero-order valence-electron chi connectivity index (χ0n) is 14.1. The highest BCUT2D eigenvalue weighted by Gasteiger charge is 2.32. The van der Waals surface area contributed by atoms with Crippen molar-refractivity contribution in [1.82, 2.24) is 0 Å². The molecule has 0 aromatic heterocycles. The van der Waals surface area contributed by atoms with Gasteiger partial charge in [0.1, 0.15) is 5.60 Å². The third-order valence-corrected chi connectivity index (χ3v) is 3.39. The highest BCUT2D eigenvalue weighted by molar-refractivity contribution is 6.02. The van der Waals surface area contributed by atoms with E-state index in [1.807, 2.05) is 12.1 Å². The van der Waals surface area contributed by atoms with E-state index in [-0.39, 0.29) is 6.42 Å². The molecular weight excluding hydrogens is 311 g/mol. The van der Waals surface area contributed by atoms with Crippen LogP contribution in [0.4, 0.5) is 0 Å². The average molecular weight is 332 g/mol. The topological polar surface area (TPSA) is 85.6 Å². The molecule has 128 valence electrons. The summed E-state index contributed by atoms with van der Waals surface area (Å²) in [5, 5.41) is 9.20. The number of ether oxygens (including phenoxy) is 3. The van der Waals surface area contributed by atoms with Crippen molar-refractivity contribution in [3.8, 4) is 6.07 Å². The number of carbonyl (C=O) groups excluding carboxylic acids is 2. The third kappa shape index (κ3) is 4.63. The molecule has 1 fully saturated rings. The first-order valence-corrected chi connectivity index (χ1v) is 7.78. The Morgan fingerprint density at radius 1 is 1.29 bits per heavy atom. The molecule has 1 aliphatic rings. The van der Waals surface area contributed by atoms with Gasteiger partial charge in [0.15, 0.2) is 12.1 Å². The van der Waals surface area contributed by atoms with Gasteiger partial charge in [-0.3, -0.25) is 9.59 Å². The SMILES string of the molecule is CC(C)(C)OC(=O)C(C#N)[13C](=O)Cc1ccccc1C1OCCO1. The fourth-order valence-corrected chi connectivity index (χ4v) is 2.37. The van der Waals surface area contributed by atoms with Gasteiger partial charge in [-0.05, 0) is 26.3 Å². The number of benzene rings is 1. The van der Waals surface area contributed by atoms with Crippen molar-refractivity contribution in [3.05, 3.63) is 35.4 Å². The first-order chi connectivity index (χ1) is 11.3. The van der Waals surface area contributed by atoms with Crippen LogP contribution in [0.2, 0.25) is 0 Å². The van der Waals surface area contributed by atoms with Gasteiger partial charge in [-0.1, -0.05) is 24.3 Å². The summed E-state index contributed by atoms with van der Waals surface area (Å²) in [6.45, 7) is 6.05. The fourth-order valence-electron chi connectivity index (χ4n) is 2.37. The average Bonchev–Trinajstić information content (AvgIpc) is 3.00. The Morgan fingerprint density at radius 2 is 1.92 bits per heavy atom. The lowest BCUT2D eigenvalue weighted by Gasteiger charge is -2.21. The number of nitrogens with zero attached hydrogens (tertiary/aromatic N) is 1. The van der Waals surface area contributed by atoms with Crippen molar-refractivity contribution in [2.75, 3.05) is 13.2 Å². The van der Waals surface area contributed by atoms with Crippen LogP contribution in [0, 0.1) is 17.2 Å². The van der Waals surface area contributed by atoms with Gasteiger partial charge in [-0.15, -0.1) is 0 Å². The highest BCUT2D eigenvalue weighted by Crippen LogP contribution is 2.27. The lowest BCUT2D eigenvalue weighted by molar-refractivity contribution is -0.159. The number of esters is 1. The Labute approximate surface area is 141 Å². The van der Waals surface area contributed by atoms with E-state index < -0.39 is 29.6 Å². The van der Waals surface area contributed by atoms with Crippen LogP contribution in [0.15, 0.2) is 24.3 Å². The van der Waals surface area contributed by atoms with Crippen LogP contribution in [0.3, 0.4) is 0 Å². The van der Waals surface area contributed by atoms with E-state index in [1.165, 1.54) is 0 Å². The minimum absolute atomic E-state index is 0.0587. The lowest BCUT2D eigenvalue weighted by atomic mass is 10.0. The molecule has 0 spiro atoms. The van der Waals surface area contributed by atoms with Crippen LogP contribution in [0.1, 0.15) is 38.2 Å². The van der Waals surface area contributed by atoms with Gasteiger partial charge in [-0.25, -0.2) is 0 Å². The summed E-state index contributed by atoms with van der Waals surface area (Å²) in [6, 6.07) is 8.94. The second-order valence-electron chi connectivity index (χ2n) is 6.51. The summed E-state index contributed by atoms with van der Waals surface area (Å²) in [5.74, 6) is -2.76. The number of rotatable bonds is 5. The largest absolute Gasteiger partial charge is 0.459 e. The quantitative estimate of drug-likeness (QED) is 0.467. The predicted molar refractivity (Wildman–Crippen MR) is 84.7 cm³/mol. The molecule has 0 bridgehead atoms. The summed E-state index contributed by atoms with van der Waals surface area (Å²) in [6.07, 6.45) is -0.576. The van der Waals surface area contributed by atoms with Crippen LogP contribution in [0.25, 0.3) is 0 Å². The molecule has 1 saturated heterocycles. The third-order valence-electron chi connectivity index (χ3n) is 3.39. The molecule has 6 nitrogen and oxygen atoms in total. The van der Waals surface area contributed by atoms with Crippen LogP contribution < -0.4 is 0 Å². The van der Waals surface area contributed by atoms with Gasteiger partial charge in [0.25, 0.3) is 0 Å². The van der Waals surface area contributed by atoms with Crippen molar-refractivity contribution in [3.63, 3.8) is 0 Å². The predicted octanol–water partition coefficient (Wildman–Crippen LogP) is 2.33. The number of nitriles is 1. The minimum atomic E-state index is -1.44. The second kappa shape index (κ2) is 7.56. The van der Waals surface area contributed by atoms with E-state index >= 15 is 0 Å². The molecule has 0 N–H and O–H groups in total. The number of ketones is 1. The van der Waals surface area contributed by atoms with Gasteiger partial charge in [0.05, 0.1) is 19.3 Å². The molecule has 6 heteroatoms. The maximum Gasteiger partial charge on any atom is 0.331 e. The van der Waals surface area contributed by atoms with Crippen molar-refractivity contribution < 1.29 is 23.8 Å². The first-order valence-electron chi connectivity index (χ1n) is 7.78. The molecule has 0 aliphatic carbocycles. The standard InChI is InChI=1S/C18H21NO5/c1-18(2,3)24-16(21)14(11-19)15(20)10-12-6-4-5-7-13(12)17-22-8-9-23-17/h4-7,14,17H,8-10H2,1-3H3/i15+1. The van der Waals surface area contributed by atoms with Crippen molar-refractivity contribution >= 4 is 11.8 Å². The van der Waals surface area contributed by atoms with Gasteiger partial charge < -0.3 is 14.2 Å². The normalized spacial score (nSPS) is 16.4. The van der Waals surface area contributed by atoms with E-state index in [9.17, 15) is 14.9 Å². The zero-order chi connectivity index (χ0) is 17.7. The molecule has 2 rings (SSSR count). The first kappa shape index (κ1) is 18.1. The molecule has 1 atom stereocenters. The molecule has 1 heterocycles. The van der Waals surface area contributed by atoms with E-state index in [4.69, 9.17) is 14.2 Å². The maximum absolute atomic E-state index is 12.4. The van der Waals surface area contributed by atoms with Crippen molar-refractivity contribution in [1.29, 1.82) is 5.26 Å². The van der Waals surface area contributed by atoms with Crippen LogP contribution in [0.5, 0.6) is 0 Å². The smallest absolute Gasteiger partial charge is 0.331 e. The maximum atomic E-state index is 12.4. The lowest BCUT2D eigenvalue weighted by Crippen LogP contribution is -2.32. The molecule has 0 radical (unpaired) electrons. The van der Waals surface area contributed by atoms with E-state index in [0.29, 0.717) is 18.8 Å². The Balaban J connectivity index is 2.14.